The number of aromatic hydroxyl groups is 1. The van der Waals surface area contributed by atoms with Crippen molar-refractivity contribution >= 4 is 11.8 Å². The summed E-state index contributed by atoms with van der Waals surface area (Å²) in [4.78, 5) is 39.0. The number of aliphatic hydroxyl groups is 1. The van der Waals surface area contributed by atoms with Crippen molar-refractivity contribution in [1.29, 1.82) is 0 Å². The summed E-state index contributed by atoms with van der Waals surface area (Å²) in [6.45, 7) is -0.515. The predicted molar refractivity (Wildman–Crippen MR) is 96.7 cm³/mol. The number of amides is 2. The van der Waals surface area contributed by atoms with Crippen LogP contribution in [0.4, 0.5) is 8.78 Å². The molecule has 0 saturated carbocycles. The summed E-state index contributed by atoms with van der Waals surface area (Å²) in [5, 5.41) is 22.0. The molecule has 30 heavy (non-hydrogen) atoms. The van der Waals surface area contributed by atoms with Gasteiger partial charge in [0, 0.05) is 24.4 Å². The van der Waals surface area contributed by atoms with Crippen LogP contribution < -0.4 is 10.7 Å². The van der Waals surface area contributed by atoms with E-state index in [0.29, 0.717) is 6.07 Å². The van der Waals surface area contributed by atoms with Gasteiger partial charge in [0.2, 0.25) is 5.43 Å². The maximum absolute atomic E-state index is 13.7. The Kier molecular flexibility index (Phi) is 5.00. The highest BCUT2D eigenvalue weighted by molar-refractivity contribution is 5.99. The van der Waals surface area contributed by atoms with E-state index in [1.54, 1.807) is 0 Å². The van der Waals surface area contributed by atoms with Gasteiger partial charge in [-0.1, -0.05) is 6.07 Å². The molecule has 3 heterocycles. The number of pyridine rings is 1. The minimum Gasteiger partial charge on any atom is -0.503 e. The maximum atomic E-state index is 13.7. The Hall–Kier alpha value is -3.31. The first-order chi connectivity index (χ1) is 14.3. The van der Waals surface area contributed by atoms with E-state index in [4.69, 9.17) is 4.74 Å². The van der Waals surface area contributed by atoms with Crippen molar-refractivity contribution in [1.82, 2.24) is 14.8 Å². The number of nitrogens with one attached hydrogen (secondary N) is 1. The lowest BCUT2D eigenvalue weighted by molar-refractivity contribution is 0.00378. The molecule has 2 atom stereocenters. The Morgan fingerprint density at radius 3 is 2.77 bits per heavy atom. The van der Waals surface area contributed by atoms with E-state index >= 15 is 0 Å². The van der Waals surface area contributed by atoms with Crippen LogP contribution in [0, 0.1) is 11.6 Å². The first-order valence-corrected chi connectivity index (χ1v) is 9.05. The first-order valence-electron chi connectivity index (χ1n) is 9.05. The monoisotopic (exact) mass is 421 g/mol. The SMILES string of the molecule is O=C(NCc1ccc(F)cc1F)c1cn2c(c(O)c1=O)C(=O)N1C(CO)CO[C@@H]1C2. The topological polar surface area (TPSA) is 121 Å². The molecule has 9 nitrogen and oxygen atoms in total. The van der Waals surface area contributed by atoms with E-state index in [0.717, 1.165) is 18.3 Å². The molecule has 1 unspecified atom stereocenters. The largest absolute Gasteiger partial charge is 0.503 e. The maximum Gasteiger partial charge on any atom is 0.277 e. The van der Waals surface area contributed by atoms with Gasteiger partial charge >= 0.3 is 0 Å². The molecule has 0 radical (unpaired) electrons. The first kappa shape index (κ1) is 20.0. The number of aliphatic hydroxyl groups excluding tert-OH is 1. The van der Waals surface area contributed by atoms with Gasteiger partial charge in [-0.3, -0.25) is 14.4 Å². The molecule has 0 spiro atoms. The molecular formula is C19H17F2N3O6. The van der Waals surface area contributed by atoms with Gasteiger partial charge in [-0.15, -0.1) is 0 Å². The summed E-state index contributed by atoms with van der Waals surface area (Å²) in [6, 6.07) is 2.26. The average Bonchev–Trinajstić information content (AvgIpc) is 3.13. The summed E-state index contributed by atoms with van der Waals surface area (Å²) in [5.41, 5.74) is -1.81. The number of ether oxygens (including phenoxy) is 1. The third-order valence-corrected chi connectivity index (χ3v) is 5.14. The Morgan fingerprint density at radius 1 is 1.30 bits per heavy atom. The van der Waals surface area contributed by atoms with Gasteiger partial charge in [0.15, 0.2) is 17.7 Å². The van der Waals surface area contributed by atoms with E-state index in [9.17, 15) is 33.4 Å². The highest BCUT2D eigenvalue weighted by Crippen LogP contribution is 2.29. The lowest BCUT2D eigenvalue weighted by Crippen LogP contribution is -2.50. The zero-order valence-electron chi connectivity index (χ0n) is 15.5. The summed E-state index contributed by atoms with van der Waals surface area (Å²) >= 11 is 0. The molecule has 1 fully saturated rings. The van der Waals surface area contributed by atoms with Crippen molar-refractivity contribution in [3.05, 3.63) is 63.1 Å². The minimum atomic E-state index is -1.06. The summed E-state index contributed by atoms with van der Waals surface area (Å²) in [7, 11) is 0. The van der Waals surface area contributed by atoms with E-state index < -0.39 is 52.5 Å². The molecule has 1 aromatic carbocycles. The van der Waals surface area contributed by atoms with Crippen LogP contribution in [0.25, 0.3) is 0 Å². The molecule has 2 amide bonds. The predicted octanol–water partition coefficient (Wildman–Crippen LogP) is -0.0649. The molecule has 0 bridgehead atoms. The smallest absolute Gasteiger partial charge is 0.277 e. The molecule has 2 aromatic rings. The molecule has 1 saturated heterocycles. The van der Waals surface area contributed by atoms with Gasteiger partial charge < -0.3 is 29.7 Å². The van der Waals surface area contributed by atoms with Crippen molar-refractivity contribution in [3.8, 4) is 5.75 Å². The van der Waals surface area contributed by atoms with Crippen molar-refractivity contribution in [2.45, 2.75) is 25.4 Å². The zero-order chi connectivity index (χ0) is 21.6. The lowest BCUT2D eigenvalue weighted by Gasteiger charge is -2.34. The number of rotatable bonds is 4. The van der Waals surface area contributed by atoms with Gasteiger partial charge in [0.05, 0.1) is 25.8 Å². The van der Waals surface area contributed by atoms with Crippen LogP contribution in [0.15, 0.2) is 29.2 Å². The second kappa shape index (κ2) is 7.50. The van der Waals surface area contributed by atoms with Crippen molar-refractivity contribution in [3.63, 3.8) is 0 Å². The Morgan fingerprint density at radius 2 is 2.07 bits per heavy atom. The molecule has 2 aliphatic heterocycles. The van der Waals surface area contributed by atoms with Gasteiger partial charge in [0.1, 0.15) is 17.2 Å². The average molecular weight is 421 g/mol. The standard InChI is InChI=1S/C19H17F2N3O6/c20-10-2-1-9(13(21)3-10)4-22-18(28)12-5-23-6-14-24(11(7-25)8-30-14)19(29)15(23)17(27)16(12)26/h1-3,5,11,14,25,27H,4,6-8H2,(H,22,28)/t11?,14-/m1/s1. The Balaban J connectivity index is 1.62. The number of benzene rings is 1. The van der Waals surface area contributed by atoms with Crippen LogP contribution in [0.2, 0.25) is 0 Å². The number of halogens is 2. The molecule has 4 rings (SSSR count). The van der Waals surface area contributed by atoms with Gasteiger partial charge in [0.25, 0.3) is 11.8 Å². The number of fused-ring (bicyclic) bond motifs is 2. The van der Waals surface area contributed by atoms with Crippen LogP contribution >= 0.6 is 0 Å². The number of nitrogens with zero attached hydrogens (tertiary/aromatic N) is 2. The fraction of sp³-hybridized carbons (Fsp3) is 0.316. The summed E-state index contributed by atoms with van der Waals surface area (Å²) < 4.78 is 33.4. The number of hydrogen-bond donors (Lipinski definition) is 3. The van der Waals surface area contributed by atoms with Crippen LogP contribution in [-0.2, 0) is 17.8 Å². The normalized spacial score (nSPS) is 20.1. The number of aromatic nitrogens is 1. The van der Waals surface area contributed by atoms with Crippen LogP contribution in [0.5, 0.6) is 5.75 Å². The third kappa shape index (κ3) is 3.21. The van der Waals surface area contributed by atoms with Crippen LogP contribution in [0.3, 0.4) is 0 Å². The molecular weight excluding hydrogens is 404 g/mol. The fourth-order valence-corrected chi connectivity index (χ4v) is 3.60. The van der Waals surface area contributed by atoms with Crippen molar-refractivity contribution < 1.29 is 33.3 Å². The minimum absolute atomic E-state index is 0.00672. The number of carbonyl (C=O) groups excluding carboxylic acids is 2. The molecule has 1 aromatic heterocycles. The van der Waals surface area contributed by atoms with E-state index in [2.05, 4.69) is 5.32 Å². The fourth-order valence-electron chi connectivity index (χ4n) is 3.60. The third-order valence-electron chi connectivity index (χ3n) is 5.14. The van der Waals surface area contributed by atoms with Crippen LogP contribution in [0.1, 0.15) is 26.4 Å². The van der Waals surface area contributed by atoms with Crippen molar-refractivity contribution in [2.75, 3.05) is 13.2 Å². The molecule has 11 heteroatoms. The van der Waals surface area contributed by atoms with E-state index in [-0.39, 0.29) is 37.6 Å². The summed E-state index contributed by atoms with van der Waals surface area (Å²) in [6.07, 6.45) is 0.409. The van der Waals surface area contributed by atoms with Crippen molar-refractivity contribution in [2.24, 2.45) is 0 Å². The van der Waals surface area contributed by atoms with Gasteiger partial charge in [-0.05, 0) is 6.07 Å². The molecule has 158 valence electrons. The number of carbonyl (C=O) groups is 2. The Labute approximate surface area is 168 Å². The summed E-state index contributed by atoms with van der Waals surface area (Å²) in [5.74, 6) is -4.12. The number of hydrogen-bond acceptors (Lipinski definition) is 6. The quantitative estimate of drug-likeness (QED) is 0.636. The zero-order valence-corrected chi connectivity index (χ0v) is 15.5. The van der Waals surface area contributed by atoms with Gasteiger partial charge in [-0.2, -0.15) is 0 Å². The lowest BCUT2D eigenvalue weighted by atomic mass is 10.1. The highest BCUT2D eigenvalue weighted by Gasteiger charge is 2.44. The van der Waals surface area contributed by atoms with Gasteiger partial charge in [-0.25, -0.2) is 8.78 Å². The highest BCUT2D eigenvalue weighted by atomic mass is 19.1. The van der Waals surface area contributed by atoms with E-state index in [1.165, 1.54) is 9.47 Å². The molecule has 2 aliphatic rings. The molecule has 3 N–H and O–H groups in total. The molecule has 0 aliphatic carbocycles. The van der Waals surface area contributed by atoms with Crippen LogP contribution in [-0.4, -0.2) is 57.0 Å². The second-order valence-electron chi connectivity index (χ2n) is 6.98. The Bertz CT molecular complexity index is 1100. The van der Waals surface area contributed by atoms with E-state index in [1.807, 2.05) is 0 Å². The second-order valence-corrected chi connectivity index (χ2v) is 6.98.